The van der Waals surface area contributed by atoms with Gasteiger partial charge in [0.2, 0.25) is 0 Å². The van der Waals surface area contributed by atoms with Gasteiger partial charge in [-0.05, 0) is 16.7 Å². The molecule has 0 saturated carbocycles. The minimum atomic E-state index is -0.344. The summed E-state index contributed by atoms with van der Waals surface area (Å²) < 4.78 is 5.09. The molecule has 0 saturated heterocycles. The van der Waals surface area contributed by atoms with E-state index in [1.54, 1.807) is 0 Å². The molecule has 0 spiro atoms. The van der Waals surface area contributed by atoms with Crippen LogP contribution in [0, 0.1) is 0 Å². The molecule has 0 aromatic heterocycles. The summed E-state index contributed by atoms with van der Waals surface area (Å²) in [6.07, 6.45) is 0. The third-order valence-electron chi connectivity index (χ3n) is 3.83. The number of hydrogen-bond acceptors (Lipinski definition) is 2. The van der Waals surface area contributed by atoms with Crippen LogP contribution in [0.15, 0.2) is 91.0 Å². The van der Waals surface area contributed by atoms with Crippen LogP contribution in [0.25, 0.3) is 11.1 Å². The van der Waals surface area contributed by atoms with Crippen molar-refractivity contribution < 1.29 is 9.53 Å². The van der Waals surface area contributed by atoms with E-state index in [9.17, 15) is 4.79 Å². The van der Waals surface area contributed by atoms with Gasteiger partial charge in [0.1, 0.15) is 0 Å². The fourth-order valence-corrected chi connectivity index (χ4v) is 2.74. The maximum atomic E-state index is 12.6. The van der Waals surface area contributed by atoms with Crippen LogP contribution in [0.4, 0.5) is 0 Å². The molecular weight excluding hydrogens is 418 g/mol. The van der Waals surface area contributed by atoms with Crippen molar-refractivity contribution in [3.05, 3.63) is 108 Å². The molecule has 3 aromatic rings. The van der Waals surface area contributed by atoms with E-state index in [2.05, 4.69) is 0 Å². The number of carbonyl (C=O) groups is 1. The molecule has 0 aliphatic heterocycles. The summed E-state index contributed by atoms with van der Waals surface area (Å²) in [5.41, 5.74) is 4.23. The Kier molecular flexibility index (Phi) is 7.03. The van der Waals surface area contributed by atoms with Crippen molar-refractivity contribution in [2.24, 2.45) is 0 Å². The summed E-state index contributed by atoms with van der Waals surface area (Å²) >= 11 is 0. The first-order valence-corrected chi connectivity index (χ1v) is 7.80. The van der Waals surface area contributed by atoms with Crippen LogP contribution in [-0.2, 0) is 9.53 Å². The molecule has 0 radical (unpaired) electrons. The summed E-state index contributed by atoms with van der Waals surface area (Å²) in [6.45, 7) is 0. The van der Waals surface area contributed by atoms with E-state index in [4.69, 9.17) is 4.74 Å². The molecule has 0 bridgehead atoms. The van der Waals surface area contributed by atoms with Crippen LogP contribution in [0.2, 0.25) is 0 Å². The van der Waals surface area contributed by atoms with Crippen LogP contribution < -0.4 is 0 Å². The summed E-state index contributed by atoms with van der Waals surface area (Å²) in [7, 11) is 1.42. The van der Waals surface area contributed by atoms with Gasteiger partial charge in [0, 0.05) is 5.57 Å². The van der Waals surface area contributed by atoms with Crippen molar-refractivity contribution in [1.29, 1.82) is 0 Å². The molecule has 0 aliphatic rings. The van der Waals surface area contributed by atoms with E-state index in [1.165, 1.54) is 7.11 Å². The van der Waals surface area contributed by atoms with Crippen LogP contribution in [-0.4, -0.2) is 37.5 Å². The van der Waals surface area contributed by atoms with E-state index in [-0.39, 0.29) is 30.4 Å². The second-order valence-electron chi connectivity index (χ2n) is 5.34. The van der Waals surface area contributed by atoms with E-state index in [1.807, 2.05) is 91.0 Å². The molecule has 3 rings (SSSR count). The number of rotatable bonds is 4. The number of benzene rings is 3. The van der Waals surface area contributed by atoms with Crippen LogP contribution in [0.3, 0.4) is 0 Å². The van der Waals surface area contributed by atoms with Crippen molar-refractivity contribution >= 4 is 41.5 Å². The molecule has 0 unspecified atom stereocenters. The van der Waals surface area contributed by atoms with Crippen molar-refractivity contribution in [3.63, 3.8) is 0 Å². The first kappa shape index (κ1) is 19.0. The predicted molar refractivity (Wildman–Crippen MR) is 107 cm³/mol. The monoisotopic (exact) mass is 438 g/mol. The maximum absolute atomic E-state index is 12.6. The zero-order chi connectivity index (χ0) is 16.8. The van der Waals surface area contributed by atoms with Gasteiger partial charge in [-0.25, -0.2) is 4.79 Å². The predicted octanol–water partition coefficient (Wildman–Crippen LogP) is 3.63. The molecule has 25 heavy (non-hydrogen) atoms. The Morgan fingerprint density at radius 3 is 1.36 bits per heavy atom. The third kappa shape index (κ3) is 4.40. The topological polar surface area (TPSA) is 26.3 Å². The molecule has 3 heteroatoms. The Labute approximate surface area is 165 Å². The summed E-state index contributed by atoms with van der Waals surface area (Å²) in [4.78, 5) is 12.6. The first-order chi connectivity index (χ1) is 11.8. The number of carbonyl (C=O) groups excluding carboxylic acids is 1. The average Bonchev–Trinajstić information content (AvgIpc) is 2.67. The molecule has 0 fully saturated rings. The quantitative estimate of drug-likeness (QED) is 0.269. The van der Waals surface area contributed by atoms with Gasteiger partial charge in [0.05, 0.1) is 12.7 Å². The summed E-state index contributed by atoms with van der Waals surface area (Å²) in [5, 5.41) is 0. The molecule has 3 aromatic carbocycles. The van der Waals surface area contributed by atoms with Gasteiger partial charge in [-0.3, -0.25) is 0 Å². The minimum absolute atomic E-state index is 0. The molecule has 0 aliphatic carbocycles. The Balaban J connectivity index is 0.00000225. The van der Waals surface area contributed by atoms with Gasteiger partial charge in [0.25, 0.3) is 0 Å². The fourth-order valence-electron chi connectivity index (χ4n) is 2.74. The van der Waals surface area contributed by atoms with Crippen LogP contribution in [0.5, 0.6) is 0 Å². The standard InChI is InChI=1S/C22H18O2.Sb.3H/c1-24-22(23)21(19-15-9-4-10-16-19)20(17-11-5-2-6-12-17)18-13-7-3-8-14-18;;;;/h2-16H,1H3;;;;. The zero-order valence-corrected chi connectivity index (χ0v) is 18.2. The first-order valence-electron chi connectivity index (χ1n) is 7.80. The number of esters is 1. The van der Waals surface area contributed by atoms with E-state index >= 15 is 0 Å². The Hall–Kier alpha value is -2.31. The Morgan fingerprint density at radius 2 is 1.00 bits per heavy atom. The van der Waals surface area contributed by atoms with Crippen molar-refractivity contribution in [1.82, 2.24) is 0 Å². The van der Waals surface area contributed by atoms with Crippen LogP contribution >= 0.6 is 0 Å². The fraction of sp³-hybridized carbons (Fsp3) is 0.0455. The molecule has 126 valence electrons. The van der Waals surface area contributed by atoms with Crippen LogP contribution in [0.1, 0.15) is 16.7 Å². The second-order valence-corrected chi connectivity index (χ2v) is 5.34. The zero-order valence-electron chi connectivity index (χ0n) is 14.2. The van der Waals surface area contributed by atoms with E-state index in [0.29, 0.717) is 5.57 Å². The van der Waals surface area contributed by atoms with E-state index < -0.39 is 0 Å². The summed E-state index contributed by atoms with van der Waals surface area (Å²) in [5.74, 6) is -0.344. The number of hydrogen-bond donors (Lipinski definition) is 0. The molecule has 0 amide bonds. The Morgan fingerprint density at radius 1 is 0.640 bits per heavy atom. The normalized spacial score (nSPS) is 9.64. The SMILES string of the molecule is COC(=O)C(=C(c1ccccc1)c1ccccc1)c1ccccc1.[SbH3]. The molecule has 0 heterocycles. The number of methoxy groups -OCH3 is 1. The second kappa shape index (κ2) is 9.24. The Bertz CT molecular complexity index is 799. The van der Waals surface area contributed by atoms with Gasteiger partial charge in [-0.15, -0.1) is 0 Å². The molecule has 2 nitrogen and oxygen atoms in total. The average molecular weight is 439 g/mol. The summed E-state index contributed by atoms with van der Waals surface area (Å²) in [6, 6.07) is 29.5. The van der Waals surface area contributed by atoms with E-state index in [0.717, 1.165) is 22.3 Å². The van der Waals surface area contributed by atoms with Gasteiger partial charge >= 0.3 is 30.4 Å². The van der Waals surface area contributed by atoms with Crippen molar-refractivity contribution in [2.75, 3.05) is 7.11 Å². The van der Waals surface area contributed by atoms with Gasteiger partial charge < -0.3 is 4.74 Å². The molecule has 0 N–H and O–H groups in total. The molecule has 0 atom stereocenters. The number of ether oxygens (including phenoxy) is 1. The van der Waals surface area contributed by atoms with Gasteiger partial charge in [0.15, 0.2) is 0 Å². The molecular formula is C22H21O2Sb. The van der Waals surface area contributed by atoms with Crippen molar-refractivity contribution in [3.8, 4) is 0 Å². The third-order valence-corrected chi connectivity index (χ3v) is 3.83. The van der Waals surface area contributed by atoms with Crippen molar-refractivity contribution in [2.45, 2.75) is 0 Å². The van der Waals surface area contributed by atoms with Gasteiger partial charge in [-0.2, -0.15) is 0 Å². The van der Waals surface area contributed by atoms with Gasteiger partial charge in [-0.1, -0.05) is 91.0 Å².